The maximum Gasteiger partial charge on any atom is 0.256 e. The third kappa shape index (κ3) is 4.62. The molecule has 1 aromatic rings. The van der Waals surface area contributed by atoms with Crippen molar-refractivity contribution < 1.29 is 14.7 Å². The van der Waals surface area contributed by atoms with Gasteiger partial charge in [-0.05, 0) is 43.7 Å². The van der Waals surface area contributed by atoms with Crippen LogP contribution < -0.4 is 11.1 Å². The SMILES string of the molecule is CC(C)c1ccc(CN2CCCC(O)(CNC(C)(C)C(N)=O)C2=O)cc1. The Bertz CT molecular complexity index is 655. The number of rotatable bonds is 7. The number of piperidine rings is 1. The Morgan fingerprint density at radius 1 is 1.35 bits per heavy atom. The standard InChI is InChI=1S/C20H31N3O3/c1-14(2)16-8-6-15(7-9-16)12-23-11-5-10-20(26,18(23)25)13-22-19(3,4)17(21)24/h6-9,14,22,26H,5,10-13H2,1-4H3,(H2,21,24). The van der Waals surface area contributed by atoms with Gasteiger partial charge in [0, 0.05) is 19.6 Å². The molecule has 1 aliphatic heterocycles. The number of nitrogens with zero attached hydrogens (tertiary/aromatic N) is 1. The molecule has 0 saturated carbocycles. The molecule has 4 N–H and O–H groups in total. The molecule has 144 valence electrons. The van der Waals surface area contributed by atoms with E-state index in [9.17, 15) is 14.7 Å². The Morgan fingerprint density at radius 3 is 2.50 bits per heavy atom. The van der Waals surface area contributed by atoms with E-state index in [0.717, 1.165) is 5.56 Å². The fourth-order valence-corrected chi connectivity index (χ4v) is 3.06. The van der Waals surface area contributed by atoms with E-state index >= 15 is 0 Å². The summed E-state index contributed by atoms with van der Waals surface area (Å²) in [6.45, 7) is 8.66. The zero-order valence-corrected chi connectivity index (χ0v) is 16.2. The van der Waals surface area contributed by atoms with Crippen molar-refractivity contribution in [1.82, 2.24) is 10.2 Å². The summed E-state index contributed by atoms with van der Waals surface area (Å²) in [5.74, 6) is -0.360. The molecular formula is C20H31N3O3. The predicted molar refractivity (Wildman–Crippen MR) is 101 cm³/mol. The van der Waals surface area contributed by atoms with Gasteiger partial charge in [-0.1, -0.05) is 38.1 Å². The molecule has 0 aliphatic carbocycles. The minimum Gasteiger partial charge on any atom is -0.379 e. The molecule has 1 unspecified atom stereocenters. The number of hydrogen-bond donors (Lipinski definition) is 3. The highest BCUT2D eigenvalue weighted by Crippen LogP contribution is 2.25. The van der Waals surface area contributed by atoms with Gasteiger partial charge in [-0.15, -0.1) is 0 Å². The molecule has 6 heteroatoms. The second-order valence-electron chi connectivity index (χ2n) is 8.10. The van der Waals surface area contributed by atoms with Gasteiger partial charge in [0.1, 0.15) is 0 Å². The van der Waals surface area contributed by atoms with Crippen molar-refractivity contribution in [2.75, 3.05) is 13.1 Å². The number of carbonyl (C=O) groups excluding carboxylic acids is 2. The van der Waals surface area contributed by atoms with Crippen LogP contribution in [0.15, 0.2) is 24.3 Å². The molecule has 2 rings (SSSR count). The van der Waals surface area contributed by atoms with Crippen LogP contribution in [0.25, 0.3) is 0 Å². The number of hydrogen-bond acceptors (Lipinski definition) is 4. The summed E-state index contributed by atoms with van der Waals surface area (Å²) in [5, 5.41) is 13.8. The molecule has 0 spiro atoms. The first-order valence-corrected chi connectivity index (χ1v) is 9.21. The Morgan fingerprint density at radius 2 is 1.96 bits per heavy atom. The van der Waals surface area contributed by atoms with Crippen LogP contribution >= 0.6 is 0 Å². The van der Waals surface area contributed by atoms with E-state index in [-0.39, 0.29) is 12.5 Å². The molecule has 26 heavy (non-hydrogen) atoms. The molecule has 0 radical (unpaired) electrons. The zero-order chi connectivity index (χ0) is 19.5. The molecule has 1 saturated heterocycles. The van der Waals surface area contributed by atoms with Crippen LogP contribution in [0.1, 0.15) is 57.6 Å². The number of primary amides is 1. The quantitative estimate of drug-likeness (QED) is 0.686. The summed E-state index contributed by atoms with van der Waals surface area (Å²) in [7, 11) is 0. The van der Waals surface area contributed by atoms with Crippen LogP contribution in [0.2, 0.25) is 0 Å². The van der Waals surface area contributed by atoms with Crippen molar-refractivity contribution in [3.8, 4) is 0 Å². The second-order valence-corrected chi connectivity index (χ2v) is 8.10. The van der Waals surface area contributed by atoms with Crippen LogP contribution in [0.4, 0.5) is 0 Å². The van der Waals surface area contributed by atoms with Crippen molar-refractivity contribution in [1.29, 1.82) is 0 Å². The van der Waals surface area contributed by atoms with E-state index in [2.05, 4.69) is 31.3 Å². The number of nitrogens with one attached hydrogen (secondary N) is 1. The van der Waals surface area contributed by atoms with E-state index in [1.807, 2.05) is 12.1 Å². The number of benzene rings is 1. The van der Waals surface area contributed by atoms with Crippen molar-refractivity contribution in [2.24, 2.45) is 5.73 Å². The molecule has 1 heterocycles. The fourth-order valence-electron chi connectivity index (χ4n) is 3.06. The van der Waals surface area contributed by atoms with E-state index in [1.165, 1.54) is 5.56 Å². The van der Waals surface area contributed by atoms with Gasteiger partial charge >= 0.3 is 0 Å². The molecule has 0 aromatic heterocycles. The average molecular weight is 361 g/mol. The van der Waals surface area contributed by atoms with E-state index < -0.39 is 17.0 Å². The first-order chi connectivity index (χ1) is 12.0. The van der Waals surface area contributed by atoms with Crippen molar-refractivity contribution in [2.45, 2.75) is 64.1 Å². The topological polar surface area (TPSA) is 95.7 Å². The molecule has 1 aromatic carbocycles. The molecule has 0 bridgehead atoms. The van der Waals surface area contributed by atoms with Gasteiger partial charge in [-0.25, -0.2) is 0 Å². The summed E-state index contributed by atoms with van der Waals surface area (Å²) in [6, 6.07) is 8.23. The molecule has 1 atom stereocenters. The Kier molecular flexibility index (Phi) is 6.09. The van der Waals surface area contributed by atoms with Gasteiger partial charge in [0.2, 0.25) is 5.91 Å². The summed E-state index contributed by atoms with van der Waals surface area (Å²) < 4.78 is 0. The number of amides is 2. The van der Waals surface area contributed by atoms with Gasteiger partial charge in [-0.2, -0.15) is 0 Å². The monoisotopic (exact) mass is 361 g/mol. The summed E-state index contributed by atoms with van der Waals surface area (Å²) in [4.78, 5) is 26.0. The van der Waals surface area contributed by atoms with Gasteiger partial charge in [0.25, 0.3) is 5.91 Å². The van der Waals surface area contributed by atoms with Crippen LogP contribution in [0, 0.1) is 0 Å². The minimum atomic E-state index is -1.51. The summed E-state index contributed by atoms with van der Waals surface area (Å²) in [5.41, 5.74) is 5.15. The zero-order valence-electron chi connectivity index (χ0n) is 16.2. The molecule has 6 nitrogen and oxygen atoms in total. The Balaban J connectivity index is 2.05. The molecular weight excluding hydrogens is 330 g/mol. The van der Waals surface area contributed by atoms with Gasteiger partial charge in [-0.3, -0.25) is 9.59 Å². The maximum atomic E-state index is 12.8. The Hall–Kier alpha value is -1.92. The number of aliphatic hydroxyl groups is 1. The third-order valence-corrected chi connectivity index (χ3v) is 5.16. The van der Waals surface area contributed by atoms with Gasteiger partial charge in [0.05, 0.1) is 5.54 Å². The van der Waals surface area contributed by atoms with Crippen LogP contribution in [0.3, 0.4) is 0 Å². The summed E-state index contributed by atoms with van der Waals surface area (Å²) in [6.07, 6.45) is 1.08. The number of β-amino-alcohol motifs (C(OH)–C–C–N with tert-alkyl or cyclic N) is 1. The number of nitrogens with two attached hydrogens (primary N) is 1. The van der Waals surface area contributed by atoms with E-state index in [0.29, 0.717) is 31.8 Å². The lowest BCUT2D eigenvalue weighted by atomic mass is 9.90. The molecule has 1 fully saturated rings. The largest absolute Gasteiger partial charge is 0.379 e. The minimum absolute atomic E-state index is 0.00452. The number of likely N-dealkylation sites (tertiary alicyclic amines) is 1. The van der Waals surface area contributed by atoms with Crippen LogP contribution in [-0.2, 0) is 16.1 Å². The maximum absolute atomic E-state index is 12.8. The summed E-state index contributed by atoms with van der Waals surface area (Å²) >= 11 is 0. The lowest BCUT2D eigenvalue weighted by molar-refractivity contribution is -0.158. The predicted octanol–water partition coefficient (Wildman–Crippen LogP) is 1.52. The Labute approximate surface area is 155 Å². The lowest BCUT2D eigenvalue weighted by Gasteiger charge is -2.39. The van der Waals surface area contributed by atoms with Crippen molar-refractivity contribution >= 4 is 11.8 Å². The third-order valence-electron chi connectivity index (χ3n) is 5.16. The highest BCUT2D eigenvalue weighted by atomic mass is 16.3. The molecule has 1 aliphatic rings. The normalized spacial score (nSPS) is 21.3. The first kappa shape index (κ1) is 20.4. The second kappa shape index (κ2) is 7.76. The highest BCUT2D eigenvalue weighted by Gasteiger charge is 2.43. The van der Waals surface area contributed by atoms with Crippen LogP contribution in [0.5, 0.6) is 0 Å². The van der Waals surface area contributed by atoms with Crippen LogP contribution in [-0.4, -0.2) is 46.1 Å². The van der Waals surface area contributed by atoms with Crippen molar-refractivity contribution in [3.05, 3.63) is 35.4 Å². The first-order valence-electron chi connectivity index (χ1n) is 9.21. The lowest BCUT2D eigenvalue weighted by Crippen LogP contribution is -2.62. The van der Waals surface area contributed by atoms with E-state index in [1.54, 1.807) is 18.7 Å². The van der Waals surface area contributed by atoms with Crippen molar-refractivity contribution in [3.63, 3.8) is 0 Å². The fraction of sp³-hybridized carbons (Fsp3) is 0.600. The molecule has 2 amide bonds. The van der Waals surface area contributed by atoms with E-state index in [4.69, 9.17) is 5.73 Å². The number of carbonyl (C=O) groups is 2. The average Bonchev–Trinajstić information content (AvgIpc) is 2.58. The van der Waals surface area contributed by atoms with Gasteiger partial charge in [0.15, 0.2) is 5.60 Å². The smallest absolute Gasteiger partial charge is 0.256 e. The highest BCUT2D eigenvalue weighted by molar-refractivity contribution is 5.87. The van der Waals surface area contributed by atoms with Gasteiger partial charge < -0.3 is 21.1 Å².